The molecule has 1 aliphatic heterocycles. The number of fused-ring (bicyclic) bond motifs is 2. The molecule has 1 aliphatic rings. The average Bonchev–Trinajstić information content (AvgIpc) is 3.53. The molecule has 0 atom stereocenters. The number of para-hydroxylation sites is 1. The molecule has 0 fully saturated rings. The summed E-state index contributed by atoms with van der Waals surface area (Å²) in [5.41, 5.74) is 3.62. The first-order valence-corrected chi connectivity index (χ1v) is 20.0. The number of anilines is 1. The molecular formula is C43H38ClN5O7S. The summed E-state index contributed by atoms with van der Waals surface area (Å²) in [6, 6.07) is 33.4. The van der Waals surface area contributed by atoms with Crippen LogP contribution in [0, 0.1) is 6.92 Å². The average molecular weight is 804 g/mol. The van der Waals surface area contributed by atoms with Crippen LogP contribution in [0.15, 0.2) is 120 Å². The van der Waals surface area contributed by atoms with Gasteiger partial charge in [-0.3, -0.25) is 14.4 Å². The monoisotopic (exact) mass is 803 g/mol. The molecule has 1 aromatic heterocycles. The van der Waals surface area contributed by atoms with Gasteiger partial charge in [-0.25, -0.2) is 17.8 Å². The third kappa shape index (κ3) is 8.71. The molecule has 0 aliphatic carbocycles. The van der Waals surface area contributed by atoms with E-state index in [2.05, 4.69) is 9.82 Å². The number of amides is 3. The van der Waals surface area contributed by atoms with Gasteiger partial charge in [-0.1, -0.05) is 97.7 Å². The van der Waals surface area contributed by atoms with E-state index in [0.717, 1.165) is 29.4 Å². The van der Waals surface area contributed by atoms with Gasteiger partial charge in [0.05, 0.1) is 26.9 Å². The molecule has 2 heterocycles. The van der Waals surface area contributed by atoms with Gasteiger partial charge < -0.3 is 9.80 Å². The molecule has 0 saturated heterocycles. The van der Waals surface area contributed by atoms with Crippen molar-refractivity contribution in [1.29, 1.82) is 0 Å². The Morgan fingerprint density at radius 3 is 2.25 bits per heavy atom. The minimum Gasteiger partial charge on any atom is -0.334 e. The third-order valence-electron chi connectivity index (χ3n) is 9.69. The number of rotatable bonds is 10. The highest BCUT2D eigenvalue weighted by atomic mass is 35.5. The Morgan fingerprint density at radius 1 is 0.860 bits per heavy atom. The van der Waals surface area contributed by atoms with E-state index in [1.165, 1.54) is 35.0 Å². The van der Waals surface area contributed by atoms with E-state index < -0.39 is 21.8 Å². The molecule has 12 nitrogen and oxygen atoms in total. The van der Waals surface area contributed by atoms with Gasteiger partial charge in [-0.15, -0.1) is 0 Å². The van der Waals surface area contributed by atoms with Crippen LogP contribution in [0.25, 0.3) is 16.5 Å². The van der Waals surface area contributed by atoms with Gasteiger partial charge >= 0.3 is 6.15 Å². The van der Waals surface area contributed by atoms with Crippen molar-refractivity contribution in [3.05, 3.63) is 154 Å². The fraction of sp³-hybridized carbons (Fsp3) is 0.186. The Morgan fingerprint density at radius 2 is 1.53 bits per heavy atom. The summed E-state index contributed by atoms with van der Waals surface area (Å²) >= 11 is 6.85. The van der Waals surface area contributed by atoms with E-state index in [4.69, 9.17) is 21.2 Å². The smallest absolute Gasteiger partial charge is 0.334 e. The number of benzene rings is 5. The zero-order valence-corrected chi connectivity index (χ0v) is 32.7. The highest BCUT2D eigenvalue weighted by molar-refractivity contribution is 7.90. The Hall–Kier alpha value is -6.40. The minimum absolute atomic E-state index is 0.0164. The fourth-order valence-electron chi connectivity index (χ4n) is 6.70. The standard InChI is InChI=1S/C42H38ClN5O5S.CO2/c1-3-4-23-47(34-16-6-5-7-17-34)42(51)39-38(43)28(2)48(44-39)37-21-19-32(26-36(37)41(50)46-24-22-30-13-9-11-15-33(30)27-46)40(49)45-54(52,53)35-20-18-29-12-8-10-14-31(29)25-35;2-1-3/h5-21,25-26H,3-4,22-24,27H2,1-2H3,(H,45,49);. The van der Waals surface area contributed by atoms with E-state index >= 15 is 0 Å². The number of hydrogen-bond acceptors (Lipinski definition) is 8. The summed E-state index contributed by atoms with van der Waals surface area (Å²) in [5, 5.41) is 6.37. The van der Waals surface area contributed by atoms with E-state index in [1.54, 1.807) is 34.9 Å². The zero-order valence-electron chi connectivity index (χ0n) is 31.1. The summed E-state index contributed by atoms with van der Waals surface area (Å²) < 4.78 is 30.5. The van der Waals surface area contributed by atoms with Gasteiger partial charge in [-0.2, -0.15) is 14.7 Å². The molecule has 0 unspecified atom stereocenters. The number of hydrogen-bond donors (Lipinski definition) is 1. The minimum atomic E-state index is -4.28. The summed E-state index contributed by atoms with van der Waals surface area (Å²) in [5.74, 6) is -1.69. The van der Waals surface area contributed by atoms with Crippen molar-refractivity contribution < 1.29 is 32.4 Å². The van der Waals surface area contributed by atoms with Crippen LogP contribution in [0.4, 0.5) is 5.69 Å². The molecule has 0 radical (unpaired) electrons. The van der Waals surface area contributed by atoms with E-state index in [-0.39, 0.29) is 44.5 Å². The number of sulfonamides is 1. The van der Waals surface area contributed by atoms with Crippen molar-refractivity contribution in [2.24, 2.45) is 0 Å². The Bertz CT molecular complexity index is 2620. The predicted octanol–water partition coefficient (Wildman–Crippen LogP) is 7.17. The van der Waals surface area contributed by atoms with Crippen LogP contribution in [-0.2, 0) is 32.6 Å². The van der Waals surface area contributed by atoms with Crippen molar-refractivity contribution in [2.75, 3.05) is 18.0 Å². The van der Waals surface area contributed by atoms with Crippen LogP contribution in [-0.4, -0.2) is 60.1 Å². The lowest BCUT2D eigenvalue weighted by Gasteiger charge is -2.29. The first-order chi connectivity index (χ1) is 27.5. The Balaban J connectivity index is 0.00000177. The first-order valence-electron chi connectivity index (χ1n) is 18.1. The molecule has 14 heteroatoms. The van der Waals surface area contributed by atoms with E-state index in [0.29, 0.717) is 42.8 Å². The largest absolute Gasteiger partial charge is 0.373 e. The molecule has 6 aromatic rings. The quantitative estimate of drug-likeness (QED) is 0.153. The second-order valence-electron chi connectivity index (χ2n) is 13.3. The number of nitrogens with zero attached hydrogens (tertiary/aromatic N) is 4. The summed E-state index contributed by atoms with van der Waals surface area (Å²) in [6.07, 6.45) is 2.52. The summed E-state index contributed by atoms with van der Waals surface area (Å²) in [4.78, 5) is 61.7. The third-order valence-corrected chi connectivity index (χ3v) is 11.5. The number of halogens is 1. The Labute approximate surface area is 334 Å². The van der Waals surface area contributed by atoms with Gasteiger partial charge in [0.2, 0.25) is 0 Å². The van der Waals surface area contributed by atoms with Crippen molar-refractivity contribution in [3.63, 3.8) is 0 Å². The molecule has 5 aromatic carbocycles. The van der Waals surface area contributed by atoms with Crippen LogP contribution in [0.1, 0.15) is 67.8 Å². The van der Waals surface area contributed by atoms with Crippen molar-refractivity contribution in [1.82, 2.24) is 19.4 Å². The molecule has 290 valence electrons. The fourth-order valence-corrected chi connectivity index (χ4v) is 7.91. The van der Waals surface area contributed by atoms with Crippen LogP contribution >= 0.6 is 11.6 Å². The highest BCUT2D eigenvalue weighted by Crippen LogP contribution is 2.30. The first kappa shape index (κ1) is 40.3. The maximum atomic E-state index is 14.5. The van der Waals surface area contributed by atoms with Crippen molar-refractivity contribution in [2.45, 2.75) is 44.6 Å². The number of nitrogens with one attached hydrogen (secondary N) is 1. The van der Waals surface area contributed by atoms with Crippen LogP contribution in [0.3, 0.4) is 0 Å². The lowest BCUT2D eigenvalue weighted by atomic mass is 9.98. The van der Waals surface area contributed by atoms with Crippen LogP contribution in [0.2, 0.25) is 5.02 Å². The molecule has 0 saturated carbocycles. The molecule has 57 heavy (non-hydrogen) atoms. The number of unbranched alkanes of at least 4 members (excludes halogenated alkanes) is 1. The second kappa shape index (κ2) is 17.6. The molecule has 0 bridgehead atoms. The van der Waals surface area contributed by atoms with Crippen molar-refractivity contribution in [3.8, 4) is 5.69 Å². The van der Waals surface area contributed by atoms with E-state index in [9.17, 15) is 22.8 Å². The molecule has 3 amide bonds. The molecule has 0 spiro atoms. The number of carbonyl (C=O) groups excluding carboxylic acids is 5. The summed E-state index contributed by atoms with van der Waals surface area (Å²) in [7, 11) is -4.28. The van der Waals surface area contributed by atoms with E-state index in [1.807, 2.05) is 73.7 Å². The maximum absolute atomic E-state index is 14.5. The second-order valence-corrected chi connectivity index (χ2v) is 15.4. The number of aromatic nitrogens is 2. The molecular weight excluding hydrogens is 766 g/mol. The maximum Gasteiger partial charge on any atom is 0.373 e. The normalized spacial score (nSPS) is 12.2. The van der Waals surface area contributed by atoms with Crippen LogP contribution in [0.5, 0.6) is 0 Å². The summed E-state index contributed by atoms with van der Waals surface area (Å²) in [6.45, 7) is 4.96. The van der Waals surface area contributed by atoms with Gasteiger partial charge in [-0.05, 0) is 84.1 Å². The van der Waals surface area contributed by atoms with Gasteiger partial charge in [0.25, 0.3) is 27.7 Å². The topological polar surface area (TPSA) is 156 Å². The number of carbonyl (C=O) groups is 3. The van der Waals surface area contributed by atoms with Gasteiger partial charge in [0.1, 0.15) is 0 Å². The lowest BCUT2D eigenvalue weighted by molar-refractivity contribution is -0.191. The Kier molecular flexibility index (Phi) is 12.4. The SMILES string of the molecule is CCCCN(C(=O)c1nn(-c2ccc(C(=O)NS(=O)(=O)c3ccc4ccccc4c3)cc2C(=O)N2CCc3ccccc3C2)c(C)c1Cl)c1ccccc1.O=C=O. The predicted molar refractivity (Wildman–Crippen MR) is 215 cm³/mol. The zero-order chi connectivity index (χ0) is 40.7. The molecule has 1 N–H and O–H groups in total. The van der Waals surface area contributed by atoms with Crippen LogP contribution < -0.4 is 9.62 Å². The lowest BCUT2D eigenvalue weighted by Crippen LogP contribution is -2.37. The van der Waals surface area contributed by atoms with Gasteiger partial charge in [0, 0.05) is 30.9 Å². The van der Waals surface area contributed by atoms with Crippen molar-refractivity contribution >= 4 is 62.0 Å². The molecule has 7 rings (SSSR count). The highest BCUT2D eigenvalue weighted by Gasteiger charge is 2.30. The van der Waals surface area contributed by atoms with Gasteiger partial charge in [0.15, 0.2) is 5.69 Å².